The molecule has 6 N–H and O–H groups in total. The Kier molecular flexibility index (Phi) is 20.2. The van der Waals surface area contributed by atoms with Crippen LogP contribution in [0.3, 0.4) is 0 Å². The Hall–Kier alpha value is -10.7. The minimum Gasteiger partial charge on any atom is -0.744 e. The number of ether oxygens (including phenoxy) is 2. The maximum Gasteiger partial charge on any atom is 1.00 e. The summed E-state index contributed by atoms with van der Waals surface area (Å²) >= 11 is 0. The Morgan fingerprint density at radius 3 is 1.04 bits per heavy atom. The van der Waals surface area contributed by atoms with Gasteiger partial charge in [0.1, 0.15) is 54.3 Å². The zero-order valence-electron chi connectivity index (χ0n) is 52.1. The molecule has 0 atom stereocenters. The third kappa shape index (κ3) is 15.3. The van der Waals surface area contributed by atoms with Gasteiger partial charge in [-0.1, -0.05) is 0 Å². The number of aromatic amines is 2. The van der Waals surface area contributed by atoms with Gasteiger partial charge in [0.25, 0.3) is 11.0 Å². The van der Waals surface area contributed by atoms with Crippen LogP contribution in [0.2, 0.25) is 0 Å². The van der Waals surface area contributed by atoms with Crippen LogP contribution in [-0.4, -0.2) is 97.0 Å². The molecule has 14 rings (SSSR count). The number of hydrogen-bond acceptors (Lipinski definition) is 22. The molecule has 28 nitrogen and oxygen atoms in total. The summed E-state index contributed by atoms with van der Waals surface area (Å²) in [5.74, 6) is -2.91. The Morgan fingerprint density at radius 1 is 0.333 bits per heavy atom. The molecular formula is C68H40N4Na2O24S4+2. The molecule has 0 aliphatic carbocycles. The van der Waals surface area contributed by atoms with E-state index in [1.54, 1.807) is 60.7 Å². The maximum atomic E-state index is 13.7. The number of H-pyrrole nitrogens is 2. The van der Waals surface area contributed by atoms with E-state index >= 15 is 0 Å². The predicted octanol–water partition coefficient (Wildman–Crippen LogP) is 5.30. The van der Waals surface area contributed by atoms with Gasteiger partial charge in [-0.2, -0.15) is 9.97 Å². The Labute approximate surface area is 618 Å². The zero-order valence-corrected chi connectivity index (χ0v) is 59.4. The molecule has 4 aromatic heterocycles. The second kappa shape index (κ2) is 28.4. The van der Waals surface area contributed by atoms with E-state index in [-0.39, 0.29) is 146 Å². The molecule has 0 unspecified atom stereocenters. The fourth-order valence-electron chi connectivity index (χ4n) is 10.1. The van der Waals surface area contributed by atoms with E-state index in [1.807, 2.05) is 0 Å². The number of hydrogen-bond donors (Lipinski definition) is 4. The summed E-state index contributed by atoms with van der Waals surface area (Å²) in [5, 5.41) is 36.9. The number of aromatic carboxylic acids is 4. The minimum absolute atomic E-state index is 0. The van der Waals surface area contributed by atoms with Crippen LogP contribution in [0.1, 0.15) is 41.4 Å². The molecule has 0 amide bonds. The van der Waals surface area contributed by atoms with Gasteiger partial charge >= 0.3 is 94.8 Å². The smallest absolute Gasteiger partial charge is 0.744 e. The van der Waals surface area contributed by atoms with Crippen LogP contribution >= 0.6 is 0 Å². The first kappa shape index (κ1) is 72.5. The van der Waals surface area contributed by atoms with E-state index < -0.39 is 84.7 Å². The number of nitrogens with one attached hydrogen (secondary N) is 2. The summed E-state index contributed by atoms with van der Waals surface area (Å²) in [5.41, 5.74) is 2.37. The van der Waals surface area contributed by atoms with Crippen LogP contribution in [0.15, 0.2) is 253 Å². The number of fused-ring (bicyclic) bond motifs is 4. The largest absolute Gasteiger partial charge is 1.00 e. The first-order valence-electron chi connectivity index (χ1n) is 28.6. The molecule has 0 aliphatic heterocycles. The van der Waals surface area contributed by atoms with Crippen LogP contribution < -0.4 is 78.6 Å². The molecule has 102 heavy (non-hydrogen) atoms. The van der Waals surface area contributed by atoms with Gasteiger partial charge in [-0.15, -0.1) is 0 Å². The molecule has 14 aromatic rings. The van der Waals surface area contributed by atoms with Crippen molar-refractivity contribution >= 4 is 108 Å². The predicted molar refractivity (Wildman–Crippen MR) is 343 cm³/mol. The van der Waals surface area contributed by atoms with E-state index in [0.29, 0.717) is 56.7 Å². The van der Waals surface area contributed by atoms with Crippen molar-refractivity contribution in [3.8, 4) is 68.8 Å². The van der Waals surface area contributed by atoms with Gasteiger partial charge in [-0.25, -0.2) is 62.8 Å². The van der Waals surface area contributed by atoms with Crippen molar-refractivity contribution in [3.63, 3.8) is 0 Å². The van der Waals surface area contributed by atoms with Crippen molar-refractivity contribution < 1.29 is 179 Å². The average molecular weight is 1470 g/mol. The standard InChI is InChI=1S/2C34H20N2O12S2.2Na/c2*37-33(38)19-3-7-23(8-4-19)46-22-5-1-18(2-6-22)31-35-27-16-24(9-11-29(27)47-31)49(41,42)25-10-12-30-28(17-25)36-32(48-30)20-13-21(34(39)40)15-26(14-20)50(43,44)45;;/h2*1-17H,(H,37,38)(H,39,40)(H,43,44,45);;/q;;2*+1. The van der Waals surface area contributed by atoms with E-state index in [2.05, 4.69) is 19.9 Å². The summed E-state index contributed by atoms with van der Waals surface area (Å²) in [4.78, 5) is 57.8. The first-order chi connectivity index (χ1) is 47.5. The molecule has 4 heterocycles. The summed E-state index contributed by atoms with van der Waals surface area (Å²) in [6.07, 6.45) is 0. The van der Waals surface area contributed by atoms with Gasteiger partial charge in [0.05, 0.1) is 62.8 Å². The van der Waals surface area contributed by atoms with Gasteiger partial charge in [-0.05, 0) is 194 Å². The van der Waals surface area contributed by atoms with Crippen LogP contribution in [-0.2, 0) is 39.9 Å². The third-order valence-electron chi connectivity index (χ3n) is 15.1. The number of carboxylic acids is 4. The van der Waals surface area contributed by atoms with Crippen molar-refractivity contribution in [1.29, 1.82) is 0 Å². The Morgan fingerprint density at radius 2 is 0.657 bits per heavy atom. The Balaban J connectivity index is 0.000000201. The molecule has 0 radical (unpaired) electrons. The minimum atomic E-state index is -5.01. The fraction of sp³-hybridized carbons (Fsp3) is 0. The van der Waals surface area contributed by atoms with E-state index in [0.717, 1.165) is 36.4 Å². The normalized spacial score (nSPS) is 11.7. The number of carbonyl (C=O) groups is 4. The van der Waals surface area contributed by atoms with Gasteiger partial charge in [0.15, 0.2) is 11.2 Å². The Bertz CT molecular complexity index is 5820. The van der Waals surface area contributed by atoms with Crippen molar-refractivity contribution in [3.05, 3.63) is 229 Å². The summed E-state index contributed by atoms with van der Waals surface area (Å²) < 4.78 is 159. The monoisotopic (exact) mass is 1470 g/mol. The number of sulfone groups is 2. The van der Waals surface area contributed by atoms with Crippen molar-refractivity contribution in [2.45, 2.75) is 29.4 Å². The second-order valence-corrected chi connectivity index (χ2v) is 28.3. The average Bonchev–Trinajstić information content (AvgIpc) is 1.71. The number of nitrogens with zero attached hydrogens (tertiary/aromatic N) is 2. The number of oxazole rings is 4. The molecular weight excluding hydrogens is 1430 g/mol. The first-order valence-corrected chi connectivity index (χ1v) is 34.4. The molecule has 0 spiro atoms. The number of benzene rings is 10. The van der Waals surface area contributed by atoms with Crippen LogP contribution in [0.4, 0.5) is 0 Å². The molecule has 0 saturated heterocycles. The quantitative estimate of drug-likeness (QED) is 0.0625. The molecule has 34 heteroatoms. The van der Waals surface area contributed by atoms with Crippen molar-refractivity contribution in [1.82, 2.24) is 9.97 Å². The number of carboxylic acid groups (broad SMARTS) is 4. The molecule has 0 fully saturated rings. The van der Waals surface area contributed by atoms with Crippen molar-refractivity contribution in [2.24, 2.45) is 0 Å². The number of aromatic nitrogens is 4. The zero-order chi connectivity index (χ0) is 70.7. The van der Waals surface area contributed by atoms with E-state index in [1.165, 1.54) is 109 Å². The SMILES string of the molecule is O=C(O)c1ccc(Oc2ccc(-c3[nH+]c4cc(S(=O)(=O)c5ccc6oc(-c7cc(C(=O)O)cc(S(=O)(=O)[O-])c7)[nH+]c6c5)ccc4o3)cc2)cc1.O=C(O)c1ccc(Oc2ccc(-c3nc4cc(S(=O)(=O)c5ccc6oc(-c7cc(C(=O)O)cc(S(=O)(=O)[O-])c7)nc6c5)ccc4o3)cc2)cc1.[Na+].[Na+]. The van der Waals surface area contributed by atoms with Gasteiger partial charge in [0.2, 0.25) is 42.6 Å². The molecule has 0 bridgehead atoms. The van der Waals surface area contributed by atoms with E-state index in [9.17, 15) is 72.2 Å². The molecule has 500 valence electrons. The van der Waals surface area contributed by atoms with Gasteiger partial charge in [-0.3, -0.25) is 0 Å². The topological polar surface area (TPSA) is 457 Å². The number of rotatable bonds is 18. The fourth-order valence-corrected chi connectivity index (χ4v) is 13.8. The summed E-state index contributed by atoms with van der Waals surface area (Å²) in [6, 6.07) is 47.4. The van der Waals surface area contributed by atoms with Gasteiger partial charge < -0.3 is 56.7 Å². The van der Waals surface area contributed by atoms with Crippen LogP contribution in [0, 0.1) is 0 Å². The molecule has 10 aromatic carbocycles. The van der Waals surface area contributed by atoms with Crippen LogP contribution in [0.5, 0.6) is 23.0 Å². The summed E-state index contributed by atoms with van der Waals surface area (Å²) in [7, 11) is -18.2. The van der Waals surface area contributed by atoms with E-state index in [4.69, 9.17) is 37.4 Å². The van der Waals surface area contributed by atoms with Crippen molar-refractivity contribution in [2.75, 3.05) is 0 Å². The van der Waals surface area contributed by atoms with Gasteiger partial charge in [0, 0.05) is 23.3 Å². The molecule has 0 saturated carbocycles. The second-order valence-electron chi connectivity index (χ2n) is 21.7. The third-order valence-corrected chi connectivity index (χ3v) is 20.2. The summed E-state index contributed by atoms with van der Waals surface area (Å²) in [6.45, 7) is 0. The molecule has 0 aliphatic rings. The maximum absolute atomic E-state index is 13.7. The van der Waals surface area contributed by atoms with Crippen LogP contribution in [0.25, 0.3) is 90.2 Å².